The van der Waals surface area contributed by atoms with Crippen molar-refractivity contribution in [3.8, 4) is 0 Å². The number of nitrogens with one attached hydrogen (secondary N) is 2. The number of aromatic nitrogens is 5. The van der Waals surface area contributed by atoms with E-state index in [4.69, 9.17) is 16.2 Å². The van der Waals surface area contributed by atoms with Crippen LogP contribution in [-0.2, 0) is 4.74 Å². The third kappa shape index (κ3) is 2.90. The Hall–Kier alpha value is -3.71. The van der Waals surface area contributed by atoms with Gasteiger partial charge < -0.3 is 31.4 Å². The highest BCUT2D eigenvalue weighted by atomic mass is 16.5. The van der Waals surface area contributed by atoms with Crippen LogP contribution in [-0.4, -0.2) is 59.7 Å². The number of nitrogens with two attached hydrogens (primary N) is 2. The fourth-order valence-electron chi connectivity index (χ4n) is 4.83. The maximum atomic E-state index is 12.7. The van der Waals surface area contributed by atoms with E-state index < -0.39 is 30.2 Å². The van der Waals surface area contributed by atoms with Crippen LogP contribution in [0.15, 0.2) is 34.6 Å². The number of anilines is 3. The Morgan fingerprint density at radius 3 is 2.82 bits per heavy atom. The standard InChI is InChI=1S/C22H24N8O4/c1-9-6-11-10-4-2-3-5-12(10)25-18(11)30(17(9)23)22-26-16-19(27-21(24)28-20(16)33)29(22)15-7-13(32)14(8-31)34-15/h2-6,13-15,17,25,31-32H,7-8,23H2,1H3,(H3,24,27,28,33)/t13-,14+,15+,17?/m0/s1. The highest BCUT2D eigenvalue weighted by molar-refractivity contribution is 5.98. The number of ether oxygens (including phenoxy) is 1. The number of hydrogen-bond donors (Lipinski definition) is 6. The van der Waals surface area contributed by atoms with Gasteiger partial charge in [0.1, 0.15) is 24.3 Å². The summed E-state index contributed by atoms with van der Waals surface area (Å²) in [6.45, 7) is 1.57. The summed E-state index contributed by atoms with van der Waals surface area (Å²) in [6.07, 6.45) is -0.854. The number of hydrogen-bond acceptors (Lipinski definition) is 9. The van der Waals surface area contributed by atoms with E-state index in [2.05, 4.69) is 19.9 Å². The lowest BCUT2D eigenvalue weighted by Gasteiger charge is -2.34. The van der Waals surface area contributed by atoms with Gasteiger partial charge in [-0.2, -0.15) is 4.98 Å². The number of benzene rings is 1. The number of fused-ring (bicyclic) bond motifs is 4. The summed E-state index contributed by atoms with van der Waals surface area (Å²) in [5.74, 6) is 0.937. The molecule has 2 aliphatic heterocycles. The second-order valence-electron chi connectivity index (χ2n) is 8.66. The molecule has 4 atom stereocenters. The second kappa shape index (κ2) is 7.40. The zero-order valence-electron chi connectivity index (χ0n) is 18.3. The number of aliphatic hydroxyl groups is 2. The van der Waals surface area contributed by atoms with Crippen LogP contribution >= 0.6 is 0 Å². The van der Waals surface area contributed by atoms with Gasteiger partial charge in [0.2, 0.25) is 11.9 Å². The van der Waals surface area contributed by atoms with Crippen LogP contribution in [0.25, 0.3) is 28.1 Å². The van der Waals surface area contributed by atoms with Crippen LogP contribution in [0.5, 0.6) is 0 Å². The van der Waals surface area contributed by atoms with E-state index in [9.17, 15) is 15.0 Å². The van der Waals surface area contributed by atoms with Gasteiger partial charge in [-0.15, -0.1) is 0 Å². The van der Waals surface area contributed by atoms with Crippen molar-refractivity contribution in [3.63, 3.8) is 0 Å². The summed E-state index contributed by atoms with van der Waals surface area (Å²) in [5, 5.41) is 21.0. The fourth-order valence-corrected chi connectivity index (χ4v) is 4.83. The van der Waals surface area contributed by atoms with E-state index in [0.29, 0.717) is 11.8 Å². The average Bonchev–Trinajstić information content (AvgIpc) is 3.47. The molecule has 8 N–H and O–H groups in total. The molecule has 0 saturated carbocycles. The molecule has 1 saturated heterocycles. The Kier molecular flexibility index (Phi) is 4.54. The molecule has 5 heterocycles. The van der Waals surface area contributed by atoms with Crippen molar-refractivity contribution in [1.82, 2.24) is 24.5 Å². The monoisotopic (exact) mass is 464 g/mol. The van der Waals surface area contributed by atoms with Crippen molar-refractivity contribution < 1.29 is 14.9 Å². The molecule has 0 aliphatic carbocycles. The van der Waals surface area contributed by atoms with Crippen molar-refractivity contribution in [2.24, 2.45) is 5.73 Å². The largest absolute Gasteiger partial charge is 0.394 e. The average molecular weight is 464 g/mol. The summed E-state index contributed by atoms with van der Waals surface area (Å²) < 4.78 is 7.55. The Labute approximate surface area is 192 Å². The van der Waals surface area contributed by atoms with Gasteiger partial charge in [-0.3, -0.25) is 19.2 Å². The lowest BCUT2D eigenvalue weighted by Crippen LogP contribution is -2.43. The smallest absolute Gasteiger partial charge is 0.280 e. The van der Waals surface area contributed by atoms with Gasteiger partial charge in [-0.05, 0) is 24.6 Å². The van der Waals surface area contributed by atoms with Crippen LogP contribution in [0.1, 0.15) is 25.1 Å². The number of nitrogen functional groups attached to an aromatic ring is 1. The molecule has 6 rings (SSSR count). The number of nitrogens with zero attached hydrogens (tertiary/aromatic N) is 4. The van der Waals surface area contributed by atoms with Crippen molar-refractivity contribution >= 4 is 45.9 Å². The van der Waals surface area contributed by atoms with Crippen LogP contribution in [0.2, 0.25) is 0 Å². The predicted octanol–water partition coefficient (Wildman–Crippen LogP) is 0.664. The molecule has 34 heavy (non-hydrogen) atoms. The fraction of sp³-hybridized carbons (Fsp3) is 0.318. The normalized spacial score (nSPS) is 24.7. The summed E-state index contributed by atoms with van der Waals surface area (Å²) >= 11 is 0. The van der Waals surface area contributed by atoms with Crippen molar-refractivity contribution in [2.45, 2.75) is 37.9 Å². The Morgan fingerprint density at radius 1 is 1.26 bits per heavy atom. The first-order valence-electron chi connectivity index (χ1n) is 10.9. The molecular weight excluding hydrogens is 440 g/mol. The van der Waals surface area contributed by atoms with Gasteiger partial charge >= 0.3 is 0 Å². The third-order valence-electron chi connectivity index (χ3n) is 6.52. The first-order chi connectivity index (χ1) is 16.4. The van der Waals surface area contributed by atoms with Crippen molar-refractivity contribution in [1.29, 1.82) is 0 Å². The zero-order chi connectivity index (χ0) is 23.7. The predicted molar refractivity (Wildman–Crippen MR) is 126 cm³/mol. The number of imidazole rings is 1. The number of aromatic amines is 2. The van der Waals surface area contributed by atoms with Crippen LogP contribution in [0, 0.1) is 0 Å². The molecule has 1 aromatic carbocycles. The van der Waals surface area contributed by atoms with E-state index in [1.807, 2.05) is 37.3 Å². The minimum absolute atomic E-state index is 0.0619. The van der Waals surface area contributed by atoms with E-state index >= 15 is 0 Å². The molecular formula is C22H24N8O4. The Bertz CT molecular complexity index is 1520. The van der Waals surface area contributed by atoms with Gasteiger partial charge in [0, 0.05) is 22.9 Å². The minimum Gasteiger partial charge on any atom is -0.394 e. The number of rotatable bonds is 3. The summed E-state index contributed by atoms with van der Waals surface area (Å²) in [6, 6.07) is 7.89. The molecule has 0 bridgehead atoms. The molecule has 4 aromatic rings. The highest BCUT2D eigenvalue weighted by Gasteiger charge is 2.40. The number of para-hydroxylation sites is 1. The van der Waals surface area contributed by atoms with Crippen LogP contribution in [0.4, 0.5) is 17.7 Å². The molecule has 1 fully saturated rings. The van der Waals surface area contributed by atoms with Gasteiger partial charge in [0.25, 0.3) is 5.56 Å². The summed E-state index contributed by atoms with van der Waals surface area (Å²) in [5.41, 5.74) is 15.0. The molecule has 2 aliphatic rings. The zero-order valence-corrected chi connectivity index (χ0v) is 18.3. The second-order valence-corrected chi connectivity index (χ2v) is 8.66. The molecule has 176 valence electrons. The molecule has 12 nitrogen and oxygen atoms in total. The van der Waals surface area contributed by atoms with E-state index in [1.54, 1.807) is 9.47 Å². The van der Waals surface area contributed by atoms with Crippen LogP contribution < -0.4 is 21.9 Å². The van der Waals surface area contributed by atoms with Gasteiger partial charge in [-0.25, -0.2) is 4.98 Å². The molecule has 0 amide bonds. The maximum absolute atomic E-state index is 12.7. The lowest BCUT2D eigenvalue weighted by molar-refractivity contribution is -0.0427. The van der Waals surface area contributed by atoms with Gasteiger partial charge in [0.05, 0.1) is 12.7 Å². The topological polar surface area (TPSA) is 184 Å². The molecule has 3 aromatic heterocycles. The summed E-state index contributed by atoms with van der Waals surface area (Å²) in [7, 11) is 0. The third-order valence-corrected chi connectivity index (χ3v) is 6.52. The number of aliphatic hydroxyl groups excluding tert-OH is 2. The Morgan fingerprint density at radius 2 is 2.06 bits per heavy atom. The molecule has 0 radical (unpaired) electrons. The van der Waals surface area contributed by atoms with E-state index in [0.717, 1.165) is 22.0 Å². The quantitative estimate of drug-likeness (QED) is 0.253. The highest BCUT2D eigenvalue weighted by Crippen LogP contribution is 2.42. The first kappa shape index (κ1) is 20.9. The van der Waals surface area contributed by atoms with Crippen molar-refractivity contribution in [2.75, 3.05) is 17.2 Å². The van der Waals surface area contributed by atoms with Crippen LogP contribution in [0.3, 0.4) is 0 Å². The Balaban J connectivity index is 1.63. The first-order valence-corrected chi connectivity index (χ1v) is 10.9. The molecule has 12 heteroatoms. The minimum atomic E-state index is -0.903. The summed E-state index contributed by atoms with van der Waals surface area (Å²) in [4.78, 5) is 29.4. The van der Waals surface area contributed by atoms with Crippen molar-refractivity contribution in [3.05, 3.63) is 45.8 Å². The lowest BCUT2D eigenvalue weighted by atomic mass is 10.0. The van der Waals surface area contributed by atoms with E-state index in [1.165, 1.54) is 0 Å². The van der Waals surface area contributed by atoms with Gasteiger partial charge in [0.15, 0.2) is 11.2 Å². The SMILES string of the molecule is CC1=Cc2c([nH]c3ccccc23)N(c2nc3c(=O)[nH]c(N)nc3n2[C@H]2C[C@H](O)[C@@H](CO)O2)C1N. The van der Waals surface area contributed by atoms with Gasteiger partial charge in [-0.1, -0.05) is 18.2 Å². The van der Waals surface area contributed by atoms with E-state index in [-0.39, 0.29) is 30.1 Å². The number of H-pyrrole nitrogens is 2. The maximum Gasteiger partial charge on any atom is 0.280 e. The molecule has 1 unspecified atom stereocenters. The molecule has 0 spiro atoms.